The first-order chi connectivity index (χ1) is 12.6. The van der Waals surface area contributed by atoms with Gasteiger partial charge in [-0.3, -0.25) is 9.52 Å². The van der Waals surface area contributed by atoms with E-state index in [2.05, 4.69) is 10.0 Å². The Balaban J connectivity index is 2.24. The van der Waals surface area contributed by atoms with E-state index in [-0.39, 0.29) is 29.3 Å². The fourth-order valence-electron chi connectivity index (χ4n) is 2.16. The second-order valence-electron chi connectivity index (χ2n) is 5.42. The summed E-state index contributed by atoms with van der Waals surface area (Å²) in [5.41, 5.74) is -0.879. The quantitative estimate of drug-likeness (QED) is 0.698. The molecule has 2 aromatic carbocycles. The Hall–Kier alpha value is -2.59. The predicted octanol–water partition coefficient (Wildman–Crippen LogP) is 2.88. The number of methoxy groups -OCH3 is 1. The maximum atomic E-state index is 12.6. The van der Waals surface area contributed by atoms with Crippen molar-refractivity contribution in [1.29, 1.82) is 0 Å². The molecule has 27 heavy (non-hydrogen) atoms. The van der Waals surface area contributed by atoms with Crippen LogP contribution in [-0.2, 0) is 20.9 Å². The molecule has 0 aliphatic carbocycles. The van der Waals surface area contributed by atoms with Crippen molar-refractivity contribution in [3.05, 3.63) is 59.7 Å². The molecule has 2 aromatic rings. The summed E-state index contributed by atoms with van der Waals surface area (Å²) in [6.45, 7) is 0.514. The van der Waals surface area contributed by atoms with E-state index in [0.29, 0.717) is 12.1 Å². The third-order valence-corrected chi connectivity index (χ3v) is 4.88. The molecule has 2 rings (SSSR count). The Morgan fingerprint density at radius 2 is 1.70 bits per heavy atom. The molecule has 0 saturated carbocycles. The monoisotopic (exact) mass is 402 g/mol. The van der Waals surface area contributed by atoms with Crippen LogP contribution in [0.2, 0.25) is 0 Å². The van der Waals surface area contributed by atoms with Crippen molar-refractivity contribution in [3.8, 4) is 0 Å². The van der Waals surface area contributed by atoms with Gasteiger partial charge in [-0.15, -0.1) is 0 Å². The largest absolute Gasteiger partial charge is 0.416 e. The molecule has 0 aromatic heterocycles. The van der Waals surface area contributed by atoms with Gasteiger partial charge in [0.2, 0.25) is 0 Å². The first kappa shape index (κ1) is 20.7. The lowest BCUT2D eigenvalue weighted by molar-refractivity contribution is -0.137. The third kappa shape index (κ3) is 5.44. The number of alkyl halides is 3. The highest BCUT2D eigenvalue weighted by atomic mass is 32.2. The number of para-hydroxylation sites is 1. The molecule has 0 aliphatic rings. The lowest BCUT2D eigenvalue weighted by atomic mass is 10.1. The lowest BCUT2D eigenvalue weighted by Gasteiger charge is -2.13. The molecular weight excluding hydrogens is 385 g/mol. The Morgan fingerprint density at radius 1 is 1.07 bits per heavy atom. The van der Waals surface area contributed by atoms with Crippen LogP contribution in [0.1, 0.15) is 15.9 Å². The minimum atomic E-state index is -4.57. The number of carbonyl (C=O) groups excluding carboxylic acids is 1. The number of sulfonamides is 1. The van der Waals surface area contributed by atoms with Crippen LogP contribution >= 0.6 is 0 Å². The lowest BCUT2D eigenvalue weighted by Crippen LogP contribution is -2.28. The first-order valence-corrected chi connectivity index (χ1v) is 9.20. The number of hydrogen-bond donors (Lipinski definition) is 2. The standard InChI is InChI=1S/C17H17F3N2O4S/c1-26-11-10-21-16(23)14-4-2-3-5-15(14)22-27(24,25)13-8-6-12(7-9-13)17(18,19)20/h2-9,22H,10-11H2,1H3,(H,21,23). The molecule has 0 unspecified atom stereocenters. The second kappa shape index (κ2) is 8.40. The average Bonchev–Trinajstić information content (AvgIpc) is 2.61. The summed E-state index contributed by atoms with van der Waals surface area (Å²) in [6, 6.07) is 8.95. The molecule has 0 radical (unpaired) electrons. The molecule has 0 fully saturated rings. The number of carbonyl (C=O) groups is 1. The van der Waals surface area contributed by atoms with E-state index in [1.807, 2.05) is 0 Å². The summed E-state index contributed by atoms with van der Waals surface area (Å²) in [4.78, 5) is 11.8. The molecule has 2 N–H and O–H groups in total. The predicted molar refractivity (Wildman–Crippen MR) is 92.9 cm³/mol. The first-order valence-electron chi connectivity index (χ1n) is 7.71. The Kier molecular flexibility index (Phi) is 6.45. The van der Waals surface area contributed by atoms with Crippen LogP contribution < -0.4 is 10.0 Å². The smallest absolute Gasteiger partial charge is 0.383 e. The van der Waals surface area contributed by atoms with Crippen molar-refractivity contribution in [2.24, 2.45) is 0 Å². The number of nitrogens with one attached hydrogen (secondary N) is 2. The van der Waals surface area contributed by atoms with Gasteiger partial charge in [0.25, 0.3) is 15.9 Å². The molecule has 6 nitrogen and oxygen atoms in total. The fourth-order valence-corrected chi connectivity index (χ4v) is 3.24. The van der Waals surface area contributed by atoms with Crippen LogP contribution in [0.3, 0.4) is 0 Å². The number of benzene rings is 2. The van der Waals surface area contributed by atoms with Crippen LogP contribution in [0.5, 0.6) is 0 Å². The summed E-state index contributed by atoms with van der Waals surface area (Å²) in [7, 11) is -2.71. The number of halogens is 3. The molecule has 0 heterocycles. The summed E-state index contributed by atoms with van der Waals surface area (Å²) >= 11 is 0. The summed E-state index contributed by atoms with van der Waals surface area (Å²) < 4.78 is 69.8. The molecule has 1 amide bonds. The van der Waals surface area contributed by atoms with Gasteiger partial charge in [-0.2, -0.15) is 13.2 Å². The van der Waals surface area contributed by atoms with E-state index in [4.69, 9.17) is 4.74 Å². The second-order valence-corrected chi connectivity index (χ2v) is 7.10. The third-order valence-electron chi connectivity index (χ3n) is 3.50. The molecule has 0 bridgehead atoms. The minimum absolute atomic E-state index is 0.00677. The molecule has 0 aliphatic heterocycles. The summed E-state index contributed by atoms with van der Waals surface area (Å²) in [6.07, 6.45) is -4.57. The average molecular weight is 402 g/mol. The van der Waals surface area contributed by atoms with E-state index in [1.54, 1.807) is 6.07 Å². The van der Waals surface area contributed by atoms with Gasteiger partial charge in [-0.25, -0.2) is 8.42 Å². The topological polar surface area (TPSA) is 84.5 Å². The van der Waals surface area contributed by atoms with E-state index in [1.165, 1.54) is 25.3 Å². The Bertz CT molecular complexity index is 897. The van der Waals surface area contributed by atoms with Gasteiger partial charge in [0.1, 0.15) is 0 Å². The van der Waals surface area contributed by atoms with Crippen molar-refractivity contribution in [2.75, 3.05) is 25.0 Å². The van der Waals surface area contributed by atoms with Gasteiger partial charge in [-0.1, -0.05) is 12.1 Å². The van der Waals surface area contributed by atoms with Gasteiger partial charge in [0.15, 0.2) is 0 Å². The van der Waals surface area contributed by atoms with E-state index in [0.717, 1.165) is 12.1 Å². The highest BCUT2D eigenvalue weighted by Crippen LogP contribution is 2.30. The minimum Gasteiger partial charge on any atom is -0.383 e. The van der Waals surface area contributed by atoms with Gasteiger partial charge >= 0.3 is 6.18 Å². The zero-order chi connectivity index (χ0) is 20.1. The highest BCUT2D eigenvalue weighted by molar-refractivity contribution is 7.92. The number of amides is 1. The summed E-state index contributed by atoms with van der Waals surface area (Å²) in [5, 5.41) is 2.57. The van der Waals surface area contributed by atoms with Crippen LogP contribution in [0.25, 0.3) is 0 Å². The Labute approximate surface area is 154 Å². The fraction of sp³-hybridized carbons (Fsp3) is 0.235. The normalized spacial score (nSPS) is 11.9. The number of ether oxygens (including phenoxy) is 1. The molecule has 0 spiro atoms. The van der Waals surface area contributed by atoms with Crippen molar-refractivity contribution < 1.29 is 31.1 Å². The molecule has 0 atom stereocenters. The molecule has 10 heteroatoms. The van der Waals surface area contributed by atoms with Crippen LogP contribution in [0.15, 0.2) is 53.4 Å². The van der Waals surface area contributed by atoms with Crippen LogP contribution in [-0.4, -0.2) is 34.6 Å². The van der Waals surface area contributed by atoms with E-state index >= 15 is 0 Å². The number of rotatable bonds is 7. The van der Waals surface area contributed by atoms with Gasteiger partial charge in [-0.05, 0) is 36.4 Å². The maximum absolute atomic E-state index is 12.6. The SMILES string of the molecule is COCCNC(=O)c1ccccc1NS(=O)(=O)c1ccc(C(F)(F)F)cc1. The summed E-state index contributed by atoms with van der Waals surface area (Å²) in [5.74, 6) is -0.516. The zero-order valence-corrected chi connectivity index (χ0v) is 15.0. The van der Waals surface area contributed by atoms with E-state index < -0.39 is 27.7 Å². The van der Waals surface area contributed by atoms with Crippen LogP contribution in [0, 0.1) is 0 Å². The molecular formula is C17H17F3N2O4S. The van der Waals surface area contributed by atoms with Gasteiger partial charge in [0, 0.05) is 13.7 Å². The molecule has 0 saturated heterocycles. The van der Waals surface area contributed by atoms with E-state index in [9.17, 15) is 26.4 Å². The zero-order valence-electron chi connectivity index (χ0n) is 14.2. The molecule has 146 valence electrons. The number of hydrogen-bond acceptors (Lipinski definition) is 4. The van der Waals surface area contributed by atoms with Crippen LogP contribution in [0.4, 0.5) is 18.9 Å². The van der Waals surface area contributed by atoms with Crippen molar-refractivity contribution >= 4 is 21.6 Å². The van der Waals surface area contributed by atoms with Crippen molar-refractivity contribution in [1.82, 2.24) is 5.32 Å². The van der Waals surface area contributed by atoms with Gasteiger partial charge < -0.3 is 10.1 Å². The highest BCUT2D eigenvalue weighted by Gasteiger charge is 2.30. The Morgan fingerprint density at radius 3 is 2.30 bits per heavy atom. The van der Waals surface area contributed by atoms with Crippen molar-refractivity contribution in [2.45, 2.75) is 11.1 Å². The van der Waals surface area contributed by atoms with Gasteiger partial charge in [0.05, 0.1) is 28.3 Å². The van der Waals surface area contributed by atoms with Crippen molar-refractivity contribution in [3.63, 3.8) is 0 Å². The maximum Gasteiger partial charge on any atom is 0.416 e. The number of anilines is 1.